The number of likely N-dealkylation sites (tertiary alicyclic amines) is 1. The second-order valence-electron chi connectivity index (χ2n) is 5.49. The maximum atomic E-state index is 4.32. The van der Waals surface area contributed by atoms with Crippen molar-refractivity contribution in [3.05, 3.63) is 28.2 Å². The van der Waals surface area contributed by atoms with Gasteiger partial charge in [0.05, 0.1) is 5.01 Å². The van der Waals surface area contributed by atoms with Crippen LogP contribution < -0.4 is 5.32 Å². The van der Waals surface area contributed by atoms with Gasteiger partial charge in [-0.25, -0.2) is 4.98 Å². The van der Waals surface area contributed by atoms with Crippen LogP contribution in [0.4, 0.5) is 0 Å². The van der Waals surface area contributed by atoms with Gasteiger partial charge in [-0.1, -0.05) is 11.6 Å². The van der Waals surface area contributed by atoms with E-state index in [0.29, 0.717) is 6.04 Å². The van der Waals surface area contributed by atoms with Crippen molar-refractivity contribution in [2.75, 3.05) is 26.2 Å². The van der Waals surface area contributed by atoms with Gasteiger partial charge in [-0.05, 0) is 39.8 Å². The molecule has 1 saturated heterocycles. The molecule has 0 bridgehead atoms. The van der Waals surface area contributed by atoms with Crippen molar-refractivity contribution < 1.29 is 0 Å². The normalized spacial score (nSPS) is 17.6. The molecule has 1 aromatic rings. The predicted molar refractivity (Wildman–Crippen MR) is 82.7 cm³/mol. The monoisotopic (exact) mass is 279 g/mol. The maximum absolute atomic E-state index is 4.32. The summed E-state index contributed by atoms with van der Waals surface area (Å²) in [6.45, 7) is 8.97. The number of aromatic nitrogens is 1. The fourth-order valence-electron chi connectivity index (χ4n) is 2.39. The van der Waals surface area contributed by atoms with Crippen molar-refractivity contribution in [1.29, 1.82) is 0 Å². The Balaban J connectivity index is 1.59. The summed E-state index contributed by atoms with van der Waals surface area (Å²) in [5.41, 5.74) is 1.42. The van der Waals surface area contributed by atoms with Crippen molar-refractivity contribution in [2.24, 2.45) is 0 Å². The molecule has 0 aromatic carbocycles. The number of allylic oxidation sites excluding steroid dienone is 1. The van der Waals surface area contributed by atoms with Crippen LogP contribution in [0, 0.1) is 0 Å². The summed E-state index contributed by atoms with van der Waals surface area (Å²) in [6, 6.07) is 0.697. The first kappa shape index (κ1) is 14.7. The minimum absolute atomic E-state index is 0.697. The Morgan fingerprint density at radius 3 is 2.89 bits per heavy atom. The summed E-state index contributed by atoms with van der Waals surface area (Å²) in [5.74, 6) is 0. The largest absolute Gasteiger partial charge is 0.313 e. The van der Waals surface area contributed by atoms with Gasteiger partial charge >= 0.3 is 0 Å². The Kier molecular flexibility index (Phi) is 6.01. The average Bonchev–Trinajstić information content (AvgIpc) is 2.91. The summed E-state index contributed by atoms with van der Waals surface area (Å²) >= 11 is 1.75. The summed E-state index contributed by atoms with van der Waals surface area (Å²) in [5, 5.41) is 6.97. The number of piperidine rings is 1. The molecule has 0 amide bonds. The molecular formula is C15H25N3S. The standard InChI is InChI=1S/C15H25N3S/c1-13(2)4-9-18-10-5-14(6-11-18)16-7-3-15-17-8-12-19-15/h4,8,12,14,16H,3,5-7,9-11H2,1-2H3. The second kappa shape index (κ2) is 7.78. The zero-order chi connectivity index (χ0) is 13.5. The van der Waals surface area contributed by atoms with Crippen LogP contribution in [0.1, 0.15) is 31.7 Å². The van der Waals surface area contributed by atoms with Crippen LogP contribution in [-0.4, -0.2) is 42.1 Å². The van der Waals surface area contributed by atoms with Gasteiger partial charge < -0.3 is 5.32 Å². The van der Waals surface area contributed by atoms with Gasteiger partial charge in [0.15, 0.2) is 0 Å². The van der Waals surface area contributed by atoms with E-state index in [2.05, 4.69) is 40.5 Å². The molecule has 1 aliphatic rings. The van der Waals surface area contributed by atoms with E-state index in [1.54, 1.807) is 11.3 Å². The first-order valence-corrected chi connectivity index (χ1v) is 8.09. The zero-order valence-corrected chi connectivity index (χ0v) is 12.9. The highest BCUT2D eigenvalue weighted by Crippen LogP contribution is 2.11. The highest BCUT2D eigenvalue weighted by Gasteiger charge is 2.17. The Bertz CT molecular complexity index is 374. The molecule has 0 atom stereocenters. The topological polar surface area (TPSA) is 28.2 Å². The Morgan fingerprint density at radius 2 is 2.26 bits per heavy atom. The van der Waals surface area contributed by atoms with Gasteiger partial charge in [-0.2, -0.15) is 0 Å². The predicted octanol–water partition coefficient (Wildman–Crippen LogP) is 2.71. The summed E-state index contributed by atoms with van der Waals surface area (Å²) in [4.78, 5) is 6.86. The molecule has 19 heavy (non-hydrogen) atoms. The van der Waals surface area contributed by atoms with E-state index in [0.717, 1.165) is 19.5 Å². The molecule has 106 valence electrons. The maximum Gasteiger partial charge on any atom is 0.0937 e. The van der Waals surface area contributed by atoms with Crippen LogP contribution >= 0.6 is 11.3 Å². The van der Waals surface area contributed by atoms with Crippen molar-refractivity contribution in [3.8, 4) is 0 Å². The smallest absolute Gasteiger partial charge is 0.0937 e. The lowest BCUT2D eigenvalue weighted by Crippen LogP contribution is -2.43. The van der Waals surface area contributed by atoms with Crippen molar-refractivity contribution in [3.63, 3.8) is 0 Å². The number of hydrogen-bond acceptors (Lipinski definition) is 4. The van der Waals surface area contributed by atoms with E-state index >= 15 is 0 Å². The van der Waals surface area contributed by atoms with Gasteiger partial charge in [-0.3, -0.25) is 4.90 Å². The van der Waals surface area contributed by atoms with Crippen molar-refractivity contribution >= 4 is 11.3 Å². The number of nitrogens with zero attached hydrogens (tertiary/aromatic N) is 2. The molecule has 0 saturated carbocycles. The Labute approximate surface area is 120 Å². The van der Waals surface area contributed by atoms with Crippen LogP contribution in [0.15, 0.2) is 23.2 Å². The van der Waals surface area contributed by atoms with Gasteiger partial charge in [0.2, 0.25) is 0 Å². The number of nitrogens with one attached hydrogen (secondary N) is 1. The molecule has 0 unspecified atom stereocenters. The zero-order valence-electron chi connectivity index (χ0n) is 12.1. The lowest BCUT2D eigenvalue weighted by molar-refractivity contribution is 0.215. The van der Waals surface area contributed by atoms with Crippen LogP contribution in [0.5, 0.6) is 0 Å². The minimum Gasteiger partial charge on any atom is -0.313 e. The summed E-state index contributed by atoms with van der Waals surface area (Å²) in [7, 11) is 0. The Morgan fingerprint density at radius 1 is 1.47 bits per heavy atom. The van der Waals surface area contributed by atoms with Crippen LogP contribution in [0.3, 0.4) is 0 Å². The molecule has 3 nitrogen and oxygen atoms in total. The third-order valence-corrected chi connectivity index (χ3v) is 4.44. The van der Waals surface area contributed by atoms with Crippen molar-refractivity contribution in [1.82, 2.24) is 15.2 Å². The molecule has 2 rings (SSSR count). The Hall–Kier alpha value is -0.710. The molecule has 0 radical (unpaired) electrons. The lowest BCUT2D eigenvalue weighted by atomic mass is 10.0. The highest BCUT2D eigenvalue weighted by molar-refractivity contribution is 7.09. The molecule has 1 aliphatic heterocycles. The van der Waals surface area contributed by atoms with Gasteiger partial charge in [0.1, 0.15) is 0 Å². The van der Waals surface area contributed by atoms with Crippen LogP contribution in [-0.2, 0) is 6.42 Å². The third-order valence-electron chi connectivity index (χ3n) is 3.60. The van der Waals surface area contributed by atoms with E-state index < -0.39 is 0 Å². The molecule has 4 heteroatoms. The fourth-order valence-corrected chi connectivity index (χ4v) is 3.01. The number of thiazole rings is 1. The quantitative estimate of drug-likeness (QED) is 0.812. The lowest BCUT2D eigenvalue weighted by Gasteiger charge is -2.31. The molecule has 0 aliphatic carbocycles. The highest BCUT2D eigenvalue weighted by atomic mass is 32.1. The number of hydrogen-bond donors (Lipinski definition) is 1. The van der Waals surface area contributed by atoms with E-state index in [9.17, 15) is 0 Å². The summed E-state index contributed by atoms with van der Waals surface area (Å²) in [6.07, 6.45) is 7.83. The number of rotatable bonds is 6. The second-order valence-corrected chi connectivity index (χ2v) is 6.47. The van der Waals surface area contributed by atoms with Crippen molar-refractivity contribution in [2.45, 2.75) is 39.2 Å². The molecule has 1 aromatic heterocycles. The van der Waals surface area contributed by atoms with Crippen LogP contribution in [0.25, 0.3) is 0 Å². The summed E-state index contributed by atoms with van der Waals surface area (Å²) < 4.78 is 0. The van der Waals surface area contributed by atoms with E-state index in [1.165, 1.54) is 36.5 Å². The molecule has 1 N–H and O–H groups in total. The molecular weight excluding hydrogens is 254 g/mol. The van der Waals surface area contributed by atoms with Gasteiger partial charge in [0.25, 0.3) is 0 Å². The SMILES string of the molecule is CC(C)=CCN1CCC(NCCc2nccs2)CC1. The average molecular weight is 279 g/mol. The van der Waals surface area contributed by atoms with E-state index in [4.69, 9.17) is 0 Å². The first-order chi connectivity index (χ1) is 9.24. The van der Waals surface area contributed by atoms with Gasteiger partial charge in [-0.15, -0.1) is 11.3 Å². The van der Waals surface area contributed by atoms with Crippen LogP contribution in [0.2, 0.25) is 0 Å². The van der Waals surface area contributed by atoms with E-state index in [1.807, 2.05) is 6.20 Å². The van der Waals surface area contributed by atoms with Gasteiger partial charge in [0, 0.05) is 37.1 Å². The molecule has 2 heterocycles. The van der Waals surface area contributed by atoms with E-state index in [-0.39, 0.29) is 0 Å². The molecule has 1 fully saturated rings. The minimum atomic E-state index is 0.697. The first-order valence-electron chi connectivity index (χ1n) is 7.21. The molecule has 0 spiro atoms. The fraction of sp³-hybridized carbons (Fsp3) is 0.667. The third kappa shape index (κ3) is 5.43.